The third-order valence-electron chi connectivity index (χ3n) is 4.11. The quantitative estimate of drug-likeness (QED) is 0.900. The number of anilines is 1. The average molecular weight is 315 g/mol. The van der Waals surface area contributed by atoms with Crippen molar-refractivity contribution in [2.75, 3.05) is 18.0 Å². The molecule has 1 saturated heterocycles. The summed E-state index contributed by atoms with van der Waals surface area (Å²) in [7, 11) is 0. The number of amides is 1. The molecule has 23 heavy (non-hydrogen) atoms. The molecule has 2 N–H and O–H groups in total. The predicted molar refractivity (Wildman–Crippen MR) is 86.3 cm³/mol. The molecule has 1 aliphatic heterocycles. The summed E-state index contributed by atoms with van der Waals surface area (Å²) in [6.07, 6.45) is 4.70. The van der Waals surface area contributed by atoms with Gasteiger partial charge in [0.25, 0.3) is 5.91 Å². The lowest BCUT2D eigenvalue weighted by Crippen LogP contribution is -2.39. The maximum absolute atomic E-state index is 12.2. The first-order chi connectivity index (χ1) is 11.1. The molecule has 2 aromatic rings. The number of β-amino-alcohol motifs (C(OH)–C–C–N with tert-alkyl or cyclic N) is 1. The van der Waals surface area contributed by atoms with Crippen LogP contribution in [0.2, 0.25) is 0 Å². The summed E-state index contributed by atoms with van der Waals surface area (Å²) in [4.78, 5) is 18.7. The number of carbonyl (C=O) groups is 1. The van der Waals surface area contributed by atoms with E-state index in [-0.39, 0.29) is 12.0 Å². The number of carbonyl (C=O) groups excluding carboxylic acids is 1. The van der Waals surface area contributed by atoms with Gasteiger partial charge in [-0.25, -0.2) is 4.98 Å². The predicted octanol–water partition coefficient (Wildman–Crippen LogP) is 1.87. The van der Waals surface area contributed by atoms with Gasteiger partial charge >= 0.3 is 0 Å². The zero-order valence-electron chi connectivity index (χ0n) is 13.2. The Morgan fingerprint density at radius 1 is 1.52 bits per heavy atom. The Morgan fingerprint density at radius 3 is 3.13 bits per heavy atom. The van der Waals surface area contributed by atoms with Gasteiger partial charge in [-0.2, -0.15) is 0 Å². The number of rotatable bonds is 4. The molecule has 0 aliphatic carbocycles. The molecule has 122 valence electrons. The number of pyridine rings is 1. The molecule has 0 spiro atoms. The lowest BCUT2D eigenvalue weighted by atomic mass is 10.1. The number of aryl methyl sites for hydroxylation is 1. The van der Waals surface area contributed by atoms with Gasteiger partial charge in [0.05, 0.1) is 17.9 Å². The number of nitrogens with one attached hydrogen (secondary N) is 1. The van der Waals surface area contributed by atoms with Crippen molar-refractivity contribution in [3.63, 3.8) is 0 Å². The van der Waals surface area contributed by atoms with Crippen molar-refractivity contribution in [2.24, 2.45) is 0 Å². The van der Waals surface area contributed by atoms with Gasteiger partial charge in [-0.1, -0.05) is 6.07 Å². The smallest absolute Gasteiger partial charge is 0.255 e. The number of nitrogens with zero attached hydrogens (tertiary/aromatic N) is 2. The minimum atomic E-state index is -0.318. The maximum Gasteiger partial charge on any atom is 0.255 e. The molecule has 1 amide bonds. The molecule has 1 atom stereocenters. The van der Waals surface area contributed by atoms with E-state index in [4.69, 9.17) is 4.42 Å². The first kappa shape index (κ1) is 15.6. The van der Waals surface area contributed by atoms with E-state index in [1.807, 2.05) is 12.1 Å². The fourth-order valence-corrected chi connectivity index (χ4v) is 2.89. The van der Waals surface area contributed by atoms with Crippen LogP contribution in [0.4, 0.5) is 5.82 Å². The lowest BCUT2D eigenvalue weighted by Gasteiger charge is -2.32. The highest BCUT2D eigenvalue weighted by molar-refractivity contribution is 5.95. The molecule has 0 aromatic carbocycles. The molecule has 6 heteroatoms. The van der Waals surface area contributed by atoms with Crippen molar-refractivity contribution in [2.45, 2.75) is 32.4 Å². The summed E-state index contributed by atoms with van der Waals surface area (Å²) < 4.78 is 5.16. The molecule has 0 bridgehead atoms. The number of furan rings is 1. The summed E-state index contributed by atoms with van der Waals surface area (Å²) in [5.74, 6) is 1.27. The minimum absolute atomic E-state index is 0.162. The van der Waals surface area contributed by atoms with E-state index in [1.165, 1.54) is 6.26 Å². The summed E-state index contributed by atoms with van der Waals surface area (Å²) in [5.41, 5.74) is 1.49. The topological polar surface area (TPSA) is 78.6 Å². The lowest BCUT2D eigenvalue weighted by molar-refractivity contribution is 0.0949. The molecule has 1 aliphatic rings. The SMILES string of the molecule is Cc1occc1C(=O)NCc1cccnc1N1CCC[C@H](O)C1. The van der Waals surface area contributed by atoms with Gasteiger partial charge in [0.1, 0.15) is 11.6 Å². The number of piperidine rings is 1. The van der Waals surface area contributed by atoms with Crippen LogP contribution in [0.25, 0.3) is 0 Å². The third kappa shape index (κ3) is 3.53. The van der Waals surface area contributed by atoms with E-state index in [1.54, 1.807) is 19.2 Å². The standard InChI is InChI=1S/C17H21N3O3/c1-12-15(6-9-23-12)17(22)19-10-13-4-2-7-18-16(13)20-8-3-5-14(21)11-20/h2,4,6-7,9,14,21H,3,5,8,10-11H2,1H3,(H,19,22)/t14-/m0/s1. The average Bonchev–Trinajstić information content (AvgIpc) is 2.99. The Balaban J connectivity index is 1.71. The molecule has 3 rings (SSSR count). The fourth-order valence-electron chi connectivity index (χ4n) is 2.89. The normalized spacial score (nSPS) is 18.0. The molecule has 0 saturated carbocycles. The Kier molecular flexibility index (Phi) is 4.62. The molecular weight excluding hydrogens is 294 g/mol. The Labute approximate surface area is 135 Å². The third-order valence-corrected chi connectivity index (χ3v) is 4.11. The van der Waals surface area contributed by atoms with E-state index in [9.17, 15) is 9.90 Å². The second-order valence-electron chi connectivity index (χ2n) is 5.80. The van der Waals surface area contributed by atoms with Crippen molar-refractivity contribution < 1.29 is 14.3 Å². The second kappa shape index (κ2) is 6.83. The van der Waals surface area contributed by atoms with E-state index in [2.05, 4.69) is 15.2 Å². The van der Waals surface area contributed by atoms with Gasteiger partial charge in [-0.3, -0.25) is 4.79 Å². The van der Waals surface area contributed by atoms with Crippen molar-refractivity contribution in [1.82, 2.24) is 10.3 Å². The van der Waals surface area contributed by atoms with Crippen molar-refractivity contribution in [3.8, 4) is 0 Å². The van der Waals surface area contributed by atoms with Crippen LogP contribution in [0.3, 0.4) is 0 Å². The number of aromatic nitrogens is 1. The molecule has 0 unspecified atom stereocenters. The van der Waals surface area contributed by atoms with Gasteiger partial charge in [-0.15, -0.1) is 0 Å². The first-order valence-electron chi connectivity index (χ1n) is 7.84. The number of hydrogen-bond donors (Lipinski definition) is 2. The van der Waals surface area contributed by atoms with Gasteiger partial charge in [0.2, 0.25) is 0 Å². The van der Waals surface area contributed by atoms with Gasteiger partial charge < -0.3 is 19.7 Å². The van der Waals surface area contributed by atoms with E-state index in [0.717, 1.165) is 30.8 Å². The molecule has 0 radical (unpaired) electrons. The van der Waals surface area contributed by atoms with Gasteiger partial charge in [0, 0.05) is 31.4 Å². The fraction of sp³-hybridized carbons (Fsp3) is 0.412. The summed E-state index contributed by atoms with van der Waals surface area (Å²) in [6, 6.07) is 5.47. The number of aliphatic hydroxyl groups is 1. The van der Waals surface area contributed by atoms with Crippen LogP contribution in [0, 0.1) is 6.92 Å². The summed E-state index contributed by atoms with van der Waals surface area (Å²) in [5, 5.41) is 12.8. The first-order valence-corrected chi connectivity index (χ1v) is 7.84. The minimum Gasteiger partial charge on any atom is -0.469 e. The van der Waals surface area contributed by atoms with Crippen molar-refractivity contribution in [1.29, 1.82) is 0 Å². The van der Waals surface area contributed by atoms with Crippen molar-refractivity contribution >= 4 is 11.7 Å². The zero-order chi connectivity index (χ0) is 16.2. The molecule has 3 heterocycles. The Morgan fingerprint density at radius 2 is 2.39 bits per heavy atom. The summed E-state index contributed by atoms with van der Waals surface area (Å²) >= 11 is 0. The highest BCUT2D eigenvalue weighted by atomic mass is 16.3. The van der Waals surface area contributed by atoms with E-state index < -0.39 is 0 Å². The second-order valence-corrected chi connectivity index (χ2v) is 5.80. The highest BCUT2D eigenvalue weighted by Crippen LogP contribution is 2.22. The Hall–Kier alpha value is -2.34. The number of aliphatic hydroxyl groups excluding tert-OH is 1. The zero-order valence-corrected chi connectivity index (χ0v) is 13.2. The van der Waals surface area contributed by atoms with Crippen LogP contribution < -0.4 is 10.2 Å². The maximum atomic E-state index is 12.2. The van der Waals surface area contributed by atoms with Crippen LogP contribution >= 0.6 is 0 Å². The van der Waals surface area contributed by atoms with Crippen LogP contribution in [-0.4, -0.2) is 35.2 Å². The number of hydrogen-bond acceptors (Lipinski definition) is 5. The van der Waals surface area contributed by atoms with Crippen LogP contribution in [0.15, 0.2) is 35.1 Å². The molecule has 1 fully saturated rings. The van der Waals surface area contributed by atoms with Crippen LogP contribution in [-0.2, 0) is 6.54 Å². The molecular formula is C17H21N3O3. The largest absolute Gasteiger partial charge is 0.469 e. The molecule has 6 nitrogen and oxygen atoms in total. The highest BCUT2D eigenvalue weighted by Gasteiger charge is 2.21. The van der Waals surface area contributed by atoms with Gasteiger partial charge in [0.15, 0.2) is 0 Å². The molecule has 2 aromatic heterocycles. The van der Waals surface area contributed by atoms with E-state index >= 15 is 0 Å². The van der Waals surface area contributed by atoms with Gasteiger partial charge in [-0.05, 0) is 31.9 Å². The Bertz CT molecular complexity index is 683. The monoisotopic (exact) mass is 315 g/mol. The van der Waals surface area contributed by atoms with Crippen LogP contribution in [0.1, 0.15) is 34.5 Å². The van der Waals surface area contributed by atoms with Crippen molar-refractivity contribution in [3.05, 3.63) is 47.5 Å². The van der Waals surface area contributed by atoms with E-state index in [0.29, 0.717) is 24.4 Å². The van der Waals surface area contributed by atoms with Crippen LogP contribution in [0.5, 0.6) is 0 Å². The summed E-state index contributed by atoms with van der Waals surface area (Å²) in [6.45, 7) is 3.60.